The summed E-state index contributed by atoms with van der Waals surface area (Å²) in [5.41, 5.74) is 1.20. The molecule has 1 fully saturated rings. The summed E-state index contributed by atoms with van der Waals surface area (Å²) in [6.07, 6.45) is 1.79. The van der Waals surface area contributed by atoms with Crippen LogP contribution < -0.4 is 14.7 Å². The largest absolute Gasteiger partial charge is 0.545 e. The molecule has 1 saturated heterocycles. The Morgan fingerprint density at radius 2 is 2.04 bits per heavy atom. The second-order valence-electron chi connectivity index (χ2n) is 6.21. The number of hydrogen-bond acceptors (Lipinski definition) is 6. The zero-order valence-electron chi connectivity index (χ0n) is 15.0. The van der Waals surface area contributed by atoms with Gasteiger partial charge in [0.2, 0.25) is 0 Å². The third-order valence-corrected chi connectivity index (χ3v) is 5.67. The van der Waals surface area contributed by atoms with Crippen molar-refractivity contribution in [2.75, 3.05) is 4.90 Å². The number of thioether (sulfide) groups is 1. The molecule has 0 spiro atoms. The second-order valence-corrected chi connectivity index (χ2v) is 8.74. The van der Waals surface area contributed by atoms with Crippen LogP contribution in [0.15, 0.2) is 51.8 Å². The number of carboxylic acids is 1. The number of rotatable bonds is 5. The number of carbonyl (C=O) groups is 2. The Balaban J connectivity index is 1.88. The van der Waals surface area contributed by atoms with Gasteiger partial charge in [0.15, 0.2) is 4.32 Å². The van der Waals surface area contributed by atoms with E-state index in [1.54, 1.807) is 18.2 Å². The number of hydrogen-bond donors (Lipinski definition) is 0. The van der Waals surface area contributed by atoms with Crippen LogP contribution in [0, 0.1) is 0 Å². The van der Waals surface area contributed by atoms with Gasteiger partial charge < -0.3 is 14.6 Å². The lowest BCUT2D eigenvalue weighted by molar-refractivity contribution is -0.255. The van der Waals surface area contributed by atoms with E-state index in [4.69, 9.17) is 17.0 Å². The normalized spacial score (nSPS) is 15.6. The molecule has 0 aliphatic carbocycles. The lowest BCUT2D eigenvalue weighted by Crippen LogP contribution is -2.28. The fraction of sp³-hybridized carbons (Fsp3) is 0.150. The summed E-state index contributed by atoms with van der Waals surface area (Å²) in [5, 5.41) is 11.1. The van der Waals surface area contributed by atoms with Crippen molar-refractivity contribution in [3.05, 3.63) is 63.0 Å². The van der Waals surface area contributed by atoms with E-state index in [1.807, 2.05) is 32.0 Å². The summed E-state index contributed by atoms with van der Waals surface area (Å²) in [6, 6.07) is 11.5. The summed E-state index contributed by atoms with van der Waals surface area (Å²) in [5.74, 6) is -0.890. The van der Waals surface area contributed by atoms with Crippen LogP contribution in [0.3, 0.4) is 0 Å². The standard InChI is InChI=1S/C20H16BrNO4S2/c1-11(2)26-16-7-6-12(8-15(16)21)9-17-18(23)22(20(27)28-17)14-5-3-4-13(10-14)19(24)25/h3-11H,1-2H3,(H,24,25)/p-1/b17-9-. The molecular formula is C20H15BrNO4S2-. The maximum absolute atomic E-state index is 12.8. The van der Waals surface area contributed by atoms with Crippen LogP contribution in [-0.2, 0) is 4.79 Å². The van der Waals surface area contributed by atoms with Crippen LogP contribution in [0.1, 0.15) is 29.8 Å². The van der Waals surface area contributed by atoms with Crippen molar-refractivity contribution in [1.29, 1.82) is 0 Å². The lowest BCUT2D eigenvalue weighted by Gasteiger charge is -2.15. The zero-order chi connectivity index (χ0) is 20.4. The third-order valence-electron chi connectivity index (χ3n) is 3.75. The van der Waals surface area contributed by atoms with Gasteiger partial charge in [-0.2, -0.15) is 0 Å². The number of amides is 1. The van der Waals surface area contributed by atoms with E-state index in [0.29, 0.717) is 14.9 Å². The monoisotopic (exact) mass is 476 g/mol. The van der Waals surface area contributed by atoms with Gasteiger partial charge in [0, 0.05) is 0 Å². The number of nitrogens with zero attached hydrogens (tertiary/aromatic N) is 1. The molecule has 0 radical (unpaired) electrons. The van der Waals surface area contributed by atoms with Crippen LogP contribution in [-0.4, -0.2) is 22.3 Å². The Morgan fingerprint density at radius 3 is 2.68 bits per heavy atom. The average Bonchev–Trinajstić information content (AvgIpc) is 2.90. The summed E-state index contributed by atoms with van der Waals surface area (Å²) >= 11 is 9.97. The van der Waals surface area contributed by atoms with Gasteiger partial charge in [0.25, 0.3) is 5.91 Å². The van der Waals surface area contributed by atoms with Gasteiger partial charge in [-0.1, -0.05) is 42.2 Å². The molecule has 0 atom stereocenters. The number of anilines is 1. The molecule has 2 aromatic rings. The quantitative estimate of drug-likeness (QED) is 0.479. The first kappa shape index (κ1) is 20.6. The first-order chi connectivity index (χ1) is 13.3. The van der Waals surface area contributed by atoms with Crippen LogP contribution in [0.5, 0.6) is 5.75 Å². The number of thiocarbonyl (C=S) groups is 1. The molecule has 8 heteroatoms. The fourth-order valence-corrected chi connectivity index (χ4v) is 4.36. The van der Waals surface area contributed by atoms with Crippen molar-refractivity contribution in [2.24, 2.45) is 0 Å². The predicted molar refractivity (Wildman–Crippen MR) is 116 cm³/mol. The summed E-state index contributed by atoms with van der Waals surface area (Å²) in [4.78, 5) is 25.7. The van der Waals surface area contributed by atoms with Crippen LogP contribution in [0.25, 0.3) is 6.08 Å². The molecule has 1 amide bonds. The Hall–Kier alpha value is -2.16. The van der Waals surface area contributed by atoms with Crippen molar-refractivity contribution in [3.63, 3.8) is 0 Å². The van der Waals surface area contributed by atoms with E-state index in [9.17, 15) is 14.7 Å². The van der Waals surface area contributed by atoms with Gasteiger partial charge in [-0.05, 0) is 71.2 Å². The van der Waals surface area contributed by atoms with Crippen molar-refractivity contribution in [3.8, 4) is 5.75 Å². The predicted octanol–water partition coefficient (Wildman–Crippen LogP) is 4.01. The highest BCUT2D eigenvalue weighted by atomic mass is 79.9. The van der Waals surface area contributed by atoms with Gasteiger partial charge in [-0.25, -0.2) is 0 Å². The molecule has 2 aromatic carbocycles. The number of carbonyl (C=O) groups excluding carboxylic acids is 2. The first-order valence-corrected chi connectivity index (χ1v) is 10.3. The minimum Gasteiger partial charge on any atom is -0.545 e. The molecule has 1 aliphatic heterocycles. The van der Waals surface area contributed by atoms with E-state index in [2.05, 4.69) is 15.9 Å². The molecule has 0 unspecified atom stereocenters. The average molecular weight is 477 g/mol. The summed E-state index contributed by atoms with van der Waals surface area (Å²) in [7, 11) is 0. The molecule has 1 aliphatic rings. The Kier molecular flexibility index (Phi) is 6.22. The smallest absolute Gasteiger partial charge is 0.270 e. The van der Waals surface area contributed by atoms with Crippen molar-refractivity contribution in [2.45, 2.75) is 20.0 Å². The topological polar surface area (TPSA) is 69.7 Å². The molecule has 144 valence electrons. The third kappa shape index (κ3) is 4.45. The van der Waals surface area contributed by atoms with E-state index in [1.165, 1.54) is 28.8 Å². The van der Waals surface area contributed by atoms with Crippen molar-refractivity contribution >= 4 is 67.9 Å². The van der Waals surface area contributed by atoms with Crippen molar-refractivity contribution < 1.29 is 19.4 Å². The molecule has 0 saturated carbocycles. The summed E-state index contributed by atoms with van der Waals surface area (Å²) in [6.45, 7) is 3.89. The maximum Gasteiger partial charge on any atom is 0.270 e. The zero-order valence-corrected chi connectivity index (χ0v) is 18.2. The van der Waals surface area contributed by atoms with Crippen LogP contribution >= 0.6 is 39.9 Å². The number of carboxylic acid groups (broad SMARTS) is 1. The molecule has 1 heterocycles. The number of benzene rings is 2. The highest BCUT2D eigenvalue weighted by Gasteiger charge is 2.33. The SMILES string of the molecule is CC(C)Oc1ccc(/C=C2\SC(=S)N(c3cccc(C(=O)[O-])c3)C2=O)cc1Br. The summed E-state index contributed by atoms with van der Waals surface area (Å²) < 4.78 is 6.81. The van der Waals surface area contributed by atoms with Crippen molar-refractivity contribution in [1.82, 2.24) is 0 Å². The highest BCUT2D eigenvalue weighted by molar-refractivity contribution is 9.10. The molecule has 5 nitrogen and oxygen atoms in total. The highest BCUT2D eigenvalue weighted by Crippen LogP contribution is 2.37. The fourth-order valence-electron chi connectivity index (χ4n) is 2.57. The van der Waals surface area contributed by atoms with Crippen LogP contribution in [0.2, 0.25) is 0 Å². The Labute approximate surface area is 180 Å². The van der Waals surface area contributed by atoms with Gasteiger partial charge in [-0.15, -0.1) is 0 Å². The van der Waals surface area contributed by atoms with E-state index in [0.717, 1.165) is 15.8 Å². The minimum atomic E-state index is -1.31. The van der Waals surface area contributed by atoms with Gasteiger partial charge in [-0.3, -0.25) is 9.69 Å². The molecule has 28 heavy (non-hydrogen) atoms. The second kappa shape index (κ2) is 8.46. The van der Waals surface area contributed by atoms with E-state index >= 15 is 0 Å². The maximum atomic E-state index is 12.8. The molecule has 0 aromatic heterocycles. The molecule has 3 rings (SSSR count). The molecule has 0 N–H and O–H groups in total. The van der Waals surface area contributed by atoms with Gasteiger partial charge in [0.05, 0.1) is 27.1 Å². The number of aromatic carboxylic acids is 1. The lowest BCUT2D eigenvalue weighted by atomic mass is 10.1. The Bertz CT molecular complexity index is 1000. The number of ether oxygens (including phenoxy) is 1. The van der Waals surface area contributed by atoms with E-state index in [-0.39, 0.29) is 17.6 Å². The van der Waals surface area contributed by atoms with Gasteiger partial charge in [0.1, 0.15) is 5.75 Å². The van der Waals surface area contributed by atoms with Crippen LogP contribution in [0.4, 0.5) is 5.69 Å². The van der Waals surface area contributed by atoms with E-state index < -0.39 is 5.97 Å². The molecule has 0 bridgehead atoms. The number of halogens is 1. The molecular weight excluding hydrogens is 462 g/mol. The first-order valence-electron chi connectivity index (χ1n) is 8.32. The minimum absolute atomic E-state index is 0.0137. The Morgan fingerprint density at radius 1 is 1.29 bits per heavy atom. The van der Waals surface area contributed by atoms with Gasteiger partial charge >= 0.3 is 0 Å².